The van der Waals surface area contributed by atoms with E-state index in [1.165, 1.54) is 0 Å². The average Bonchev–Trinajstić information content (AvgIpc) is 2.50. The zero-order valence-corrected chi connectivity index (χ0v) is 12.8. The molecule has 0 aliphatic rings. The van der Waals surface area contributed by atoms with Gasteiger partial charge in [0.2, 0.25) is 5.88 Å². The second-order valence-corrected chi connectivity index (χ2v) is 4.72. The highest BCUT2D eigenvalue weighted by atomic mass is 16.5. The monoisotopic (exact) mass is 277 g/mol. The number of benzene rings is 1. The second kappa shape index (κ2) is 7.36. The third kappa shape index (κ3) is 3.56. The average molecular weight is 277 g/mol. The fraction of sp³-hybridized carbons (Fsp3) is 0.316. The van der Waals surface area contributed by atoms with E-state index in [9.17, 15) is 0 Å². The van der Waals surface area contributed by atoms with Gasteiger partial charge in [0.1, 0.15) is 6.11 Å². The van der Waals surface area contributed by atoms with E-state index in [4.69, 9.17) is 4.74 Å². The molecule has 106 valence electrons. The molecule has 0 aliphatic heterocycles. The zero-order valence-electron chi connectivity index (χ0n) is 12.8. The van der Waals surface area contributed by atoms with Gasteiger partial charge in [-0.05, 0) is 25.0 Å². The normalized spacial score (nSPS) is 9.48. The van der Waals surface area contributed by atoms with Gasteiger partial charge >= 0.3 is 0 Å². The third-order valence-electron chi connectivity index (χ3n) is 3.10. The Morgan fingerprint density at radius 2 is 1.95 bits per heavy atom. The molecule has 1 heterocycles. The van der Waals surface area contributed by atoms with Crippen molar-refractivity contribution in [1.82, 2.24) is 4.98 Å². The molecular formula is C19H19NO. The summed E-state index contributed by atoms with van der Waals surface area (Å²) in [6.45, 7) is 6.15. The molecule has 0 atom stereocenters. The van der Waals surface area contributed by atoms with E-state index in [-0.39, 0.29) is 0 Å². The van der Waals surface area contributed by atoms with Crippen LogP contribution in [0.1, 0.15) is 44.2 Å². The van der Waals surface area contributed by atoms with E-state index in [1.54, 1.807) is 0 Å². The maximum absolute atomic E-state index is 5.52. The van der Waals surface area contributed by atoms with Gasteiger partial charge in [-0.15, -0.1) is 0 Å². The van der Waals surface area contributed by atoms with Crippen molar-refractivity contribution in [3.05, 3.63) is 35.4 Å². The van der Waals surface area contributed by atoms with Crippen LogP contribution in [0.2, 0.25) is 0 Å². The molecule has 0 saturated heterocycles. The molecule has 0 amide bonds. The van der Waals surface area contributed by atoms with E-state index in [0.717, 1.165) is 41.3 Å². The lowest BCUT2D eigenvalue weighted by Crippen LogP contribution is -1.96. The first-order valence-electron chi connectivity index (χ1n) is 7.30. The predicted octanol–water partition coefficient (Wildman–Crippen LogP) is 4.44. The van der Waals surface area contributed by atoms with Crippen molar-refractivity contribution in [2.45, 2.75) is 40.0 Å². The van der Waals surface area contributed by atoms with Gasteiger partial charge in [0.15, 0.2) is 0 Å². The number of aromatic nitrogens is 1. The molecule has 0 radical (unpaired) electrons. The van der Waals surface area contributed by atoms with Crippen LogP contribution < -0.4 is 4.74 Å². The van der Waals surface area contributed by atoms with E-state index >= 15 is 0 Å². The molecule has 0 aliphatic carbocycles. The molecule has 0 fully saturated rings. The smallest absolute Gasteiger partial charge is 0.247 e. The molecule has 0 bridgehead atoms. The summed E-state index contributed by atoms with van der Waals surface area (Å²) in [5.41, 5.74) is 2.84. The molecule has 21 heavy (non-hydrogen) atoms. The van der Waals surface area contributed by atoms with Crippen molar-refractivity contribution < 1.29 is 4.74 Å². The first-order valence-corrected chi connectivity index (χ1v) is 7.30. The molecule has 2 heteroatoms. The molecule has 0 unspecified atom stereocenters. The standard InChI is InChI=1S/C19H19NO/c1-4-6-8-12-17-15(3)16-11-9-10-13-18(16)20-19(17)21-14-7-5-2/h9-11,13H,4-6H2,1-3H3. The van der Waals surface area contributed by atoms with E-state index in [0.29, 0.717) is 5.88 Å². The number of fused-ring (bicyclic) bond motifs is 1. The second-order valence-electron chi connectivity index (χ2n) is 4.72. The zero-order chi connectivity index (χ0) is 15.1. The number of ether oxygens (including phenoxy) is 1. The summed E-state index contributed by atoms with van der Waals surface area (Å²) in [5.74, 6) is 9.77. The highest BCUT2D eigenvalue weighted by Crippen LogP contribution is 2.26. The molecule has 0 saturated carbocycles. The van der Waals surface area contributed by atoms with Crippen LogP contribution in [0.5, 0.6) is 5.88 Å². The Bertz CT molecular complexity index is 754. The maximum atomic E-state index is 5.52. The maximum Gasteiger partial charge on any atom is 0.247 e. The van der Waals surface area contributed by atoms with Gasteiger partial charge in [0.05, 0.1) is 11.1 Å². The van der Waals surface area contributed by atoms with Crippen LogP contribution in [0.4, 0.5) is 0 Å². The van der Waals surface area contributed by atoms with E-state index in [2.05, 4.69) is 48.8 Å². The first-order chi connectivity index (χ1) is 10.3. The third-order valence-corrected chi connectivity index (χ3v) is 3.10. The molecular weight excluding hydrogens is 258 g/mol. The summed E-state index contributed by atoms with van der Waals surface area (Å²) in [5, 5.41) is 1.11. The number of rotatable bonds is 2. The van der Waals surface area contributed by atoms with Gasteiger partial charge in [0.25, 0.3) is 0 Å². The summed E-state index contributed by atoms with van der Waals surface area (Å²) in [6, 6.07) is 8.02. The highest BCUT2D eigenvalue weighted by Gasteiger charge is 2.11. The van der Waals surface area contributed by atoms with Crippen LogP contribution in [-0.4, -0.2) is 4.98 Å². The molecule has 0 spiro atoms. The van der Waals surface area contributed by atoms with Gasteiger partial charge in [-0.2, -0.15) is 0 Å². The van der Waals surface area contributed by atoms with Gasteiger partial charge in [-0.25, -0.2) is 4.98 Å². The Kier molecular flexibility index (Phi) is 5.24. The van der Waals surface area contributed by atoms with Gasteiger partial charge < -0.3 is 4.74 Å². The summed E-state index contributed by atoms with van der Waals surface area (Å²) >= 11 is 0. The van der Waals surface area contributed by atoms with Crippen molar-refractivity contribution >= 4 is 10.9 Å². The van der Waals surface area contributed by atoms with Crippen LogP contribution in [0.15, 0.2) is 24.3 Å². The van der Waals surface area contributed by atoms with E-state index < -0.39 is 0 Å². The molecule has 1 aromatic carbocycles. The van der Waals surface area contributed by atoms with Crippen molar-refractivity contribution in [2.24, 2.45) is 0 Å². The minimum Gasteiger partial charge on any atom is -0.386 e. The van der Waals surface area contributed by atoms with Crippen LogP contribution in [0.3, 0.4) is 0 Å². The number of para-hydroxylation sites is 1. The number of unbranched alkanes of at least 4 members (excludes halogenated alkanes) is 1. The summed E-state index contributed by atoms with van der Waals surface area (Å²) < 4.78 is 5.52. The van der Waals surface area contributed by atoms with Crippen LogP contribution >= 0.6 is 0 Å². The summed E-state index contributed by atoms with van der Waals surface area (Å²) in [7, 11) is 0. The largest absolute Gasteiger partial charge is 0.386 e. The van der Waals surface area contributed by atoms with Crippen molar-refractivity contribution in [3.63, 3.8) is 0 Å². The molecule has 2 aromatic rings. The number of hydrogen-bond donors (Lipinski definition) is 0. The topological polar surface area (TPSA) is 22.1 Å². The number of hydrogen-bond acceptors (Lipinski definition) is 2. The minimum absolute atomic E-state index is 0.510. The highest BCUT2D eigenvalue weighted by molar-refractivity contribution is 5.85. The lowest BCUT2D eigenvalue weighted by atomic mass is 10.0. The van der Waals surface area contributed by atoms with Gasteiger partial charge in [0, 0.05) is 18.2 Å². The quantitative estimate of drug-likeness (QED) is 0.757. The van der Waals surface area contributed by atoms with Gasteiger partial charge in [-0.3, -0.25) is 0 Å². The van der Waals surface area contributed by atoms with Crippen molar-refractivity contribution in [1.29, 1.82) is 0 Å². The number of pyridine rings is 1. The molecule has 2 rings (SSSR count). The van der Waals surface area contributed by atoms with Crippen molar-refractivity contribution in [2.75, 3.05) is 0 Å². The summed E-state index contributed by atoms with van der Waals surface area (Å²) in [6.07, 6.45) is 5.36. The van der Waals surface area contributed by atoms with Crippen molar-refractivity contribution in [3.8, 4) is 29.7 Å². The number of aryl methyl sites for hydroxylation is 1. The lowest BCUT2D eigenvalue weighted by molar-refractivity contribution is 0.497. The van der Waals surface area contributed by atoms with Crippen LogP contribution in [0.25, 0.3) is 10.9 Å². The first kappa shape index (κ1) is 14.9. The van der Waals surface area contributed by atoms with Crippen LogP contribution in [-0.2, 0) is 0 Å². The molecule has 1 aromatic heterocycles. The Balaban J connectivity index is 2.57. The Labute approximate surface area is 126 Å². The fourth-order valence-corrected chi connectivity index (χ4v) is 2.00. The Morgan fingerprint density at radius 3 is 2.71 bits per heavy atom. The SMILES string of the molecule is CCC#COc1nc2ccccc2c(C)c1C#CCCC. The molecule has 0 N–H and O–H groups in total. The number of nitrogens with zero attached hydrogens (tertiary/aromatic N) is 1. The minimum atomic E-state index is 0.510. The molecule has 2 nitrogen and oxygen atoms in total. The van der Waals surface area contributed by atoms with Crippen LogP contribution in [0, 0.1) is 30.8 Å². The predicted molar refractivity (Wildman–Crippen MR) is 87.0 cm³/mol. The Morgan fingerprint density at radius 1 is 1.14 bits per heavy atom. The van der Waals surface area contributed by atoms with E-state index in [1.807, 2.05) is 25.1 Å². The lowest BCUT2D eigenvalue weighted by Gasteiger charge is -2.08. The fourth-order valence-electron chi connectivity index (χ4n) is 2.00. The Hall–Kier alpha value is -2.45. The van der Waals surface area contributed by atoms with Gasteiger partial charge in [-0.1, -0.05) is 49.8 Å². The summed E-state index contributed by atoms with van der Waals surface area (Å²) in [4.78, 5) is 4.56.